The first-order valence-corrected chi connectivity index (χ1v) is 6.51. The van der Waals surface area contributed by atoms with E-state index in [-0.39, 0.29) is 5.82 Å². The number of hydrogen-bond acceptors (Lipinski definition) is 3. The number of halogens is 2. The first kappa shape index (κ1) is 13.7. The normalized spacial score (nSPS) is 10.2. The van der Waals surface area contributed by atoms with Crippen molar-refractivity contribution in [3.8, 4) is 11.5 Å². The molecule has 2 N–H and O–H groups in total. The molecule has 0 aliphatic carbocycles. The summed E-state index contributed by atoms with van der Waals surface area (Å²) in [5.41, 5.74) is 6.31. The Labute approximate surface area is 119 Å². The first-order valence-electron chi connectivity index (χ1n) is 5.72. The van der Waals surface area contributed by atoms with Gasteiger partial charge in [0.05, 0.1) is 10.2 Å². The highest BCUT2D eigenvalue weighted by Crippen LogP contribution is 2.25. The third-order valence-corrected chi connectivity index (χ3v) is 3.07. The molecule has 0 aromatic heterocycles. The van der Waals surface area contributed by atoms with Crippen molar-refractivity contribution in [1.82, 2.24) is 0 Å². The number of ether oxygens (including phenoxy) is 2. The van der Waals surface area contributed by atoms with Crippen LogP contribution in [0.3, 0.4) is 0 Å². The Morgan fingerprint density at radius 2 is 1.68 bits per heavy atom. The molecule has 0 spiro atoms. The molecular weight excluding hydrogens is 313 g/mol. The van der Waals surface area contributed by atoms with Crippen molar-refractivity contribution < 1.29 is 13.9 Å². The molecule has 0 saturated carbocycles. The quantitative estimate of drug-likeness (QED) is 0.674. The molecule has 0 atom stereocenters. The van der Waals surface area contributed by atoms with Crippen LogP contribution in [-0.2, 0) is 0 Å². The van der Waals surface area contributed by atoms with E-state index in [4.69, 9.17) is 15.2 Å². The predicted molar refractivity (Wildman–Crippen MR) is 75.9 cm³/mol. The minimum atomic E-state index is -0.341. The molecule has 3 nitrogen and oxygen atoms in total. The Kier molecular flexibility index (Phi) is 4.63. The molecule has 0 amide bonds. The lowest BCUT2D eigenvalue weighted by molar-refractivity contribution is 0.216. The van der Waals surface area contributed by atoms with Crippen LogP contribution >= 0.6 is 15.9 Å². The number of para-hydroxylation sites is 2. The summed E-state index contributed by atoms with van der Waals surface area (Å²) in [4.78, 5) is 0. The zero-order valence-electron chi connectivity index (χ0n) is 10.1. The molecule has 0 heterocycles. The largest absolute Gasteiger partial charge is 0.489 e. The van der Waals surface area contributed by atoms with Gasteiger partial charge in [-0.1, -0.05) is 12.1 Å². The van der Waals surface area contributed by atoms with Gasteiger partial charge in [-0.25, -0.2) is 4.39 Å². The van der Waals surface area contributed by atoms with Crippen LogP contribution in [0.15, 0.2) is 46.9 Å². The predicted octanol–water partition coefficient (Wildman–Crippen LogP) is 3.63. The van der Waals surface area contributed by atoms with Crippen LogP contribution in [0.2, 0.25) is 0 Å². The van der Waals surface area contributed by atoms with Gasteiger partial charge in [-0.2, -0.15) is 0 Å². The zero-order valence-corrected chi connectivity index (χ0v) is 11.7. The summed E-state index contributed by atoms with van der Waals surface area (Å²) in [6.45, 7) is 0.632. The number of hydrogen-bond donors (Lipinski definition) is 1. The third-order valence-electron chi connectivity index (χ3n) is 2.41. The Morgan fingerprint density at radius 1 is 1.00 bits per heavy atom. The second kappa shape index (κ2) is 6.43. The maximum absolute atomic E-state index is 13.0. The van der Waals surface area contributed by atoms with E-state index in [0.29, 0.717) is 34.9 Å². The second-order valence-electron chi connectivity index (χ2n) is 3.81. The average Bonchev–Trinajstić information content (AvgIpc) is 2.40. The molecule has 0 aliphatic rings. The summed E-state index contributed by atoms with van der Waals surface area (Å²) in [6.07, 6.45) is 0. The molecule has 19 heavy (non-hydrogen) atoms. The number of nitrogens with two attached hydrogens (primary N) is 1. The molecule has 0 bridgehead atoms. The fraction of sp³-hybridized carbons (Fsp3) is 0.143. The van der Waals surface area contributed by atoms with E-state index in [1.807, 2.05) is 12.1 Å². The van der Waals surface area contributed by atoms with Crippen molar-refractivity contribution in [2.45, 2.75) is 0 Å². The lowest BCUT2D eigenvalue weighted by atomic mass is 10.3. The molecule has 0 unspecified atom stereocenters. The summed E-state index contributed by atoms with van der Waals surface area (Å²) in [5, 5.41) is 0. The number of benzene rings is 2. The van der Waals surface area contributed by atoms with Crippen LogP contribution in [0.4, 0.5) is 10.1 Å². The van der Waals surface area contributed by atoms with Gasteiger partial charge in [0.15, 0.2) is 0 Å². The number of rotatable bonds is 5. The van der Waals surface area contributed by atoms with Gasteiger partial charge in [0, 0.05) is 6.07 Å². The zero-order chi connectivity index (χ0) is 13.7. The second-order valence-corrected chi connectivity index (χ2v) is 4.66. The molecule has 0 saturated heterocycles. The van der Waals surface area contributed by atoms with E-state index < -0.39 is 0 Å². The van der Waals surface area contributed by atoms with Crippen LogP contribution in [-0.4, -0.2) is 13.2 Å². The summed E-state index contributed by atoms with van der Waals surface area (Å²) in [6, 6.07) is 11.5. The van der Waals surface area contributed by atoms with Crippen LogP contribution in [0.1, 0.15) is 0 Å². The van der Waals surface area contributed by atoms with Crippen molar-refractivity contribution in [3.63, 3.8) is 0 Å². The molecule has 0 radical (unpaired) electrons. The molecule has 0 aliphatic heterocycles. The molecule has 5 heteroatoms. The minimum Gasteiger partial charge on any atom is -0.489 e. The van der Waals surface area contributed by atoms with E-state index >= 15 is 0 Å². The SMILES string of the molecule is Nc1ccccc1OCCOc1cc(F)ccc1Br. The lowest BCUT2D eigenvalue weighted by Crippen LogP contribution is -2.10. The minimum absolute atomic E-state index is 0.302. The van der Waals surface area contributed by atoms with E-state index in [2.05, 4.69) is 15.9 Å². The van der Waals surface area contributed by atoms with Crippen LogP contribution in [0.5, 0.6) is 11.5 Å². The van der Waals surface area contributed by atoms with Crippen LogP contribution in [0, 0.1) is 5.82 Å². The highest BCUT2D eigenvalue weighted by atomic mass is 79.9. The Hall–Kier alpha value is -1.75. The summed E-state index contributed by atoms with van der Waals surface area (Å²) < 4.78 is 24.6. The van der Waals surface area contributed by atoms with Gasteiger partial charge in [0.2, 0.25) is 0 Å². The standard InChI is InChI=1S/C14H13BrFNO2/c15-11-6-5-10(16)9-14(11)19-8-7-18-13-4-2-1-3-12(13)17/h1-6,9H,7-8,17H2. The van der Waals surface area contributed by atoms with E-state index in [1.54, 1.807) is 18.2 Å². The molecular formula is C14H13BrFNO2. The summed E-state index contributed by atoms with van der Waals surface area (Å²) in [5.74, 6) is 0.723. The van der Waals surface area contributed by atoms with Crippen LogP contribution in [0.25, 0.3) is 0 Å². The number of nitrogen functional groups attached to an aromatic ring is 1. The van der Waals surface area contributed by atoms with Gasteiger partial charge in [0.25, 0.3) is 0 Å². The van der Waals surface area contributed by atoms with Gasteiger partial charge in [-0.05, 0) is 40.2 Å². The van der Waals surface area contributed by atoms with Gasteiger partial charge >= 0.3 is 0 Å². The first-order chi connectivity index (χ1) is 9.16. The Bertz CT molecular complexity index is 563. The highest BCUT2D eigenvalue weighted by molar-refractivity contribution is 9.10. The van der Waals surface area contributed by atoms with E-state index in [0.717, 1.165) is 0 Å². The van der Waals surface area contributed by atoms with Crippen LogP contribution < -0.4 is 15.2 Å². The van der Waals surface area contributed by atoms with Crippen molar-refractivity contribution in [1.29, 1.82) is 0 Å². The molecule has 0 fully saturated rings. The van der Waals surface area contributed by atoms with Crippen molar-refractivity contribution in [2.24, 2.45) is 0 Å². The van der Waals surface area contributed by atoms with Gasteiger partial charge in [0.1, 0.15) is 30.5 Å². The highest BCUT2D eigenvalue weighted by Gasteiger charge is 2.03. The Balaban J connectivity index is 1.84. The molecule has 2 aromatic rings. The molecule has 100 valence electrons. The monoisotopic (exact) mass is 325 g/mol. The Morgan fingerprint density at radius 3 is 2.42 bits per heavy atom. The van der Waals surface area contributed by atoms with Gasteiger partial charge < -0.3 is 15.2 Å². The van der Waals surface area contributed by atoms with E-state index in [9.17, 15) is 4.39 Å². The van der Waals surface area contributed by atoms with Gasteiger partial charge in [-0.15, -0.1) is 0 Å². The van der Waals surface area contributed by atoms with Crippen molar-refractivity contribution in [3.05, 3.63) is 52.8 Å². The maximum Gasteiger partial charge on any atom is 0.142 e. The molecule has 2 aromatic carbocycles. The van der Waals surface area contributed by atoms with Gasteiger partial charge in [-0.3, -0.25) is 0 Å². The topological polar surface area (TPSA) is 44.5 Å². The number of anilines is 1. The third kappa shape index (κ3) is 3.86. The molecule has 2 rings (SSSR count). The summed E-state index contributed by atoms with van der Waals surface area (Å²) in [7, 11) is 0. The van der Waals surface area contributed by atoms with E-state index in [1.165, 1.54) is 12.1 Å². The average molecular weight is 326 g/mol. The van der Waals surface area contributed by atoms with Crippen molar-refractivity contribution >= 4 is 21.6 Å². The smallest absolute Gasteiger partial charge is 0.142 e. The van der Waals surface area contributed by atoms with Crippen molar-refractivity contribution in [2.75, 3.05) is 18.9 Å². The maximum atomic E-state index is 13.0. The fourth-order valence-electron chi connectivity index (χ4n) is 1.50. The lowest BCUT2D eigenvalue weighted by Gasteiger charge is -2.10. The summed E-state index contributed by atoms with van der Waals surface area (Å²) >= 11 is 3.29. The fourth-order valence-corrected chi connectivity index (χ4v) is 1.86.